The molecule has 0 amide bonds. The molecule has 2 rings (SSSR count). The number of esters is 1. The van der Waals surface area contributed by atoms with E-state index in [9.17, 15) is 22.4 Å². The fraction of sp³-hybridized carbons (Fsp3) is 0.143. The van der Waals surface area contributed by atoms with Gasteiger partial charge in [-0.3, -0.25) is 0 Å². The van der Waals surface area contributed by atoms with Crippen LogP contribution in [0.3, 0.4) is 0 Å². The third kappa shape index (κ3) is 2.82. The van der Waals surface area contributed by atoms with E-state index < -0.39 is 28.0 Å². The van der Waals surface area contributed by atoms with Crippen molar-refractivity contribution in [2.75, 3.05) is 12.8 Å². The third-order valence-electron chi connectivity index (χ3n) is 3.16. The first-order valence-electron chi connectivity index (χ1n) is 6.18. The van der Waals surface area contributed by atoms with E-state index in [2.05, 4.69) is 20.7 Å². The van der Waals surface area contributed by atoms with Gasteiger partial charge in [-0.15, -0.1) is 0 Å². The van der Waals surface area contributed by atoms with Gasteiger partial charge in [0.25, 0.3) is 0 Å². The smallest absolute Gasteiger partial charge is 0.420 e. The molecule has 0 saturated heterocycles. The van der Waals surface area contributed by atoms with Gasteiger partial charge in [0.15, 0.2) is 5.69 Å². The molecule has 10 heteroatoms. The molecule has 0 radical (unpaired) electrons. The van der Waals surface area contributed by atoms with Gasteiger partial charge in [-0.1, -0.05) is 0 Å². The Labute approximate surface area is 141 Å². The van der Waals surface area contributed by atoms with Crippen molar-refractivity contribution < 1.29 is 27.1 Å². The van der Waals surface area contributed by atoms with Crippen LogP contribution in [0.4, 0.5) is 23.2 Å². The summed E-state index contributed by atoms with van der Waals surface area (Å²) in [5.74, 6) is -2.45. The summed E-state index contributed by atoms with van der Waals surface area (Å²) in [6, 6.07) is 3.33. The van der Waals surface area contributed by atoms with E-state index in [0.29, 0.717) is 6.07 Å². The number of carbonyl (C=O) groups excluding carboxylic acids is 1. The highest BCUT2D eigenvalue weighted by Gasteiger charge is 2.38. The first kappa shape index (κ1) is 17.8. The third-order valence-corrected chi connectivity index (χ3v) is 3.96. The van der Waals surface area contributed by atoms with Crippen molar-refractivity contribution in [2.24, 2.45) is 0 Å². The van der Waals surface area contributed by atoms with E-state index in [1.807, 2.05) is 0 Å². The fourth-order valence-corrected chi connectivity index (χ4v) is 2.83. The highest BCUT2D eigenvalue weighted by molar-refractivity contribution is 9.10. The normalized spacial score (nSPS) is 11.2. The Morgan fingerprint density at radius 3 is 2.54 bits per heavy atom. The monoisotopic (exact) mass is 405 g/mol. The molecule has 2 N–H and O–H groups in total. The van der Waals surface area contributed by atoms with Crippen LogP contribution < -0.4 is 5.73 Å². The molecule has 0 unspecified atom stereocenters. The number of ether oxygens (including phenoxy) is 1. The van der Waals surface area contributed by atoms with E-state index in [0.717, 1.165) is 23.9 Å². The average molecular weight is 406 g/mol. The minimum atomic E-state index is -4.97. The average Bonchev–Trinajstić information content (AvgIpc) is 2.81. The predicted octanol–water partition coefficient (Wildman–Crippen LogP) is 3.64. The van der Waals surface area contributed by atoms with Crippen molar-refractivity contribution in [3.8, 4) is 11.8 Å². The zero-order valence-corrected chi connectivity index (χ0v) is 13.5. The number of nitrogens with zero attached hydrogens (tertiary/aromatic N) is 2. The van der Waals surface area contributed by atoms with E-state index in [-0.39, 0.29) is 22.6 Å². The van der Waals surface area contributed by atoms with Crippen LogP contribution in [0.1, 0.15) is 21.6 Å². The number of hydrogen-bond acceptors (Lipinski definition) is 4. The number of rotatable bonds is 2. The lowest BCUT2D eigenvalue weighted by atomic mass is 10.1. The lowest BCUT2D eigenvalue weighted by molar-refractivity contribution is -0.140. The van der Waals surface area contributed by atoms with Gasteiger partial charge < -0.3 is 15.0 Å². The Hall–Kier alpha value is -2.54. The van der Waals surface area contributed by atoms with Gasteiger partial charge in [-0.25, -0.2) is 9.18 Å². The summed E-state index contributed by atoms with van der Waals surface area (Å²) >= 11 is 2.71. The minimum absolute atomic E-state index is 0.139. The van der Waals surface area contributed by atoms with Crippen LogP contribution in [0, 0.1) is 17.1 Å². The number of benzene rings is 1. The van der Waals surface area contributed by atoms with E-state index in [1.165, 1.54) is 0 Å². The molecule has 0 atom stereocenters. The maximum Gasteiger partial charge on any atom is 0.420 e. The number of carbonyl (C=O) groups is 1. The van der Waals surface area contributed by atoms with Crippen molar-refractivity contribution in [3.05, 3.63) is 45.4 Å². The summed E-state index contributed by atoms with van der Waals surface area (Å²) < 4.78 is 57.5. The maximum absolute atomic E-state index is 13.6. The summed E-state index contributed by atoms with van der Waals surface area (Å²) in [5.41, 5.74) is 3.18. The molecule has 0 spiro atoms. The van der Waals surface area contributed by atoms with Gasteiger partial charge in [-0.05, 0) is 28.1 Å². The second-order valence-electron chi connectivity index (χ2n) is 4.53. The zero-order valence-electron chi connectivity index (χ0n) is 11.9. The van der Waals surface area contributed by atoms with E-state index >= 15 is 0 Å². The first-order valence-corrected chi connectivity index (χ1v) is 6.97. The lowest BCUT2D eigenvalue weighted by Crippen LogP contribution is -2.14. The summed E-state index contributed by atoms with van der Waals surface area (Å²) in [6.45, 7) is 0. The topological polar surface area (TPSA) is 81.0 Å². The Bertz CT molecular complexity index is 868. The van der Waals surface area contributed by atoms with Gasteiger partial charge in [0.1, 0.15) is 17.4 Å². The second-order valence-corrected chi connectivity index (χ2v) is 5.32. The van der Waals surface area contributed by atoms with Crippen molar-refractivity contribution in [2.45, 2.75) is 6.18 Å². The largest absolute Gasteiger partial charge is 0.464 e. The summed E-state index contributed by atoms with van der Waals surface area (Å²) in [6.07, 6.45) is -3.90. The molecule has 2 aromatic rings. The number of aromatic nitrogens is 1. The van der Waals surface area contributed by atoms with Crippen LogP contribution in [0.15, 0.2) is 22.8 Å². The summed E-state index contributed by atoms with van der Waals surface area (Å²) in [7, 11) is 1.05. The Morgan fingerprint density at radius 2 is 2.04 bits per heavy atom. The molecule has 0 saturated carbocycles. The molecular weight excluding hydrogens is 398 g/mol. The molecule has 0 aliphatic rings. The van der Waals surface area contributed by atoms with Gasteiger partial charge in [-0.2, -0.15) is 18.4 Å². The number of halogens is 5. The van der Waals surface area contributed by atoms with Crippen molar-refractivity contribution in [1.29, 1.82) is 5.26 Å². The van der Waals surface area contributed by atoms with Gasteiger partial charge in [0, 0.05) is 6.20 Å². The second kappa shape index (κ2) is 6.16. The van der Waals surface area contributed by atoms with Crippen LogP contribution in [-0.4, -0.2) is 17.6 Å². The number of alkyl halides is 3. The predicted molar refractivity (Wildman–Crippen MR) is 78.9 cm³/mol. The number of nitriles is 1. The highest BCUT2D eigenvalue weighted by atomic mass is 79.9. The lowest BCUT2D eigenvalue weighted by Gasteiger charge is -2.16. The van der Waals surface area contributed by atoms with Crippen molar-refractivity contribution in [1.82, 2.24) is 4.57 Å². The Kier molecular flexibility index (Phi) is 4.57. The summed E-state index contributed by atoms with van der Waals surface area (Å²) in [4.78, 5) is 11.9. The first-order chi connectivity index (χ1) is 11.1. The number of nitrogen functional groups attached to an aromatic ring is 1. The van der Waals surface area contributed by atoms with Crippen molar-refractivity contribution in [3.63, 3.8) is 0 Å². The molecule has 1 aromatic heterocycles. The molecular formula is C14H8BrF4N3O2. The highest BCUT2D eigenvalue weighted by Crippen LogP contribution is 2.40. The van der Waals surface area contributed by atoms with Crippen molar-refractivity contribution >= 4 is 27.6 Å². The number of nitrogens with two attached hydrogens (primary N) is 1. The molecule has 5 nitrogen and oxygen atoms in total. The number of anilines is 1. The standard InChI is InChI=1S/C14H8BrF4N3O2/c1-24-13(23)12-11(21)6(4-20)5-22(12)8-3-2-7(16)9(10(8)15)14(17,18)19/h2-3,5H,21H2,1H3. The van der Waals surface area contributed by atoms with E-state index in [1.54, 1.807) is 6.07 Å². The quantitative estimate of drug-likeness (QED) is 0.610. The van der Waals surface area contributed by atoms with E-state index in [4.69, 9.17) is 11.0 Å². The molecule has 0 bridgehead atoms. The van der Waals surface area contributed by atoms with Gasteiger partial charge in [0.2, 0.25) is 0 Å². The SMILES string of the molecule is COC(=O)c1c(N)c(C#N)cn1-c1ccc(F)c(C(F)(F)F)c1Br. The Morgan fingerprint density at radius 1 is 1.42 bits per heavy atom. The molecule has 0 fully saturated rings. The van der Waals surface area contributed by atoms with Crippen LogP contribution in [0.5, 0.6) is 0 Å². The molecule has 0 aliphatic carbocycles. The minimum Gasteiger partial charge on any atom is -0.464 e. The summed E-state index contributed by atoms with van der Waals surface area (Å²) in [5, 5.41) is 9.01. The molecule has 0 aliphatic heterocycles. The van der Waals surface area contributed by atoms with Crippen LogP contribution >= 0.6 is 15.9 Å². The van der Waals surface area contributed by atoms with Crippen LogP contribution in [0.2, 0.25) is 0 Å². The number of hydrogen-bond donors (Lipinski definition) is 1. The zero-order chi connectivity index (χ0) is 18.2. The Balaban J connectivity index is 2.84. The fourth-order valence-electron chi connectivity index (χ4n) is 2.09. The van der Waals surface area contributed by atoms with Gasteiger partial charge in [0.05, 0.1) is 28.5 Å². The maximum atomic E-state index is 13.6. The van der Waals surface area contributed by atoms with Gasteiger partial charge >= 0.3 is 12.1 Å². The number of methoxy groups -OCH3 is 1. The van der Waals surface area contributed by atoms with Crippen LogP contribution in [-0.2, 0) is 10.9 Å². The molecule has 126 valence electrons. The molecule has 24 heavy (non-hydrogen) atoms. The molecule has 1 heterocycles. The molecule has 1 aromatic carbocycles. The van der Waals surface area contributed by atoms with Crippen LogP contribution in [0.25, 0.3) is 5.69 Å².